The SMILES string of the molecule is CCn1nc(-c2cccnc2)nc1-c1ccc2[nH]c(-c3c(F)cccc3Cl)cc2c1. The van der Waals surface area contributed by atoms with E-state index in [2.05, 4.69) is 15.1 Å². The van der Waals surface area contributed by atoms with Gasteiger partial charge in [0, 0.05) is 41.0 Å². The Balaban J connectivity index is 1.60. The van der Waals surface area contributed by atoms with Gasteiger partial charge in [-0.1, -0.05) is 17.7 Å². The van der Waals surface area contributed by atoms with Crippen molar-refractivity contribution in [2.45, 2.75) is 13.5 Å². The van der Waals surface area contributed by atoms with Crippen molar-refractivity contribution in [3.8, 4) is 34.0 Å². The van der Waals surface area contributed by atoms with Crippen molar-refractivity contribution in [3.63, 3.8) is 0 Å². The fraction of sp³-hybridized carbons (Fsp3) is 0.0870. The van der Waals surface area contributed by atoms with Crippen LogP contribution >= 0.6 is 11.6 Å². The van der Waals surface area contributed by atoms with E-state index in [9.17, 15) is 4.39 Å². The fourth-order valence-corrected chi connectivity index (χ4v) is 3.82. The molecule has 2 aromatic carbocycles. The summed E-state index contributed by atoms with van der Waals surface area (Å²) in [5.41, 5.74) is 3.69. The van der Waals surface area contributed by atoms with E-state index < -0.39 is 0 Å². The minimum absolute atomic E-state index is 0.360. The number of pyridine rings is 1. The van der Waals surface area contributed by atoms with Gasteiger partial charge in [-0.05, 0) is 55.5 Å². The molecule has 7 heteroatoms. The van der Waals surface area contributed by atoms with Gasteiger partial charge >= 0.3 is 0 Å². The standard InChI is InChI=1S/C23H17ClFN5/c1-2-30-23(28-22(29-30)15-5-4-10-26-13-15)14-8-9-19-16(11-14)12-20(27-19)21-17(24)6-3-7-18(21)25/h3-13,27H,2H2,1H3. The predicted octanol–water partition coefficient (Wildman–Crippen LogP) is 5.97. The summed E-state index contributed by atoms with van der Waals surface area (Å²) in [5.74, 6) is 1.04. The van der Waals surface area contributed by atoms with Crippen LogP contribution in [0.3, 0.4) is 0 Å². The maximum absolute atomic E-state index is 14.3. The number of H-pyrrole nitrogens is 1. The molecule has 3 aromatic heterocycles. The number of aryl methyl sites for hydroxylation is 1. The molecule has 0 spiro atoms. The molecular weight excluding hydrogens is 401 g/mol. The summed E-state index contributed by atoms with van der Waals surface area (Å²) in [6.45, 7) is 2.71. The third-order valence-electron chi connectivity index (χ3n) is 5.00. The lowest BCUT2D eigenvalue weighted by Gasteiger charge is -2.02. The molecular formula is C23H17ClFN5. The number of nitrogens with one attached hydrogen (secondary N) is 1. The molecule has 0 amide bonds. The molecule has 3 heterocycles. The predicted molar refractivity (Wildman–Crippen MR) is 117 cm³/mol. The molecule has 5 aromatic rings. The van der Waals surface area contributed by atoms with Gasteiger partial charge in [0.2, 0.25) is 0 Å². The Kier molecular flexibility index (Phi) is 4.56. The Labute approximate surface area is 177 Å². The molecule has 148 valence electrons. The zero-order valence-electron chi connectivity index (χ0n) is 16.1. The van der Waals surface area contributed by atoms with Gasteiger partial charge < -0.3 is 4.98 Å². The molecule has 0 aliphatic heterocycles. The van der Waals surface area contributed by atoms with E-state index in [-0.39, 0.29) is 5.82 Å². The van der Waals surface area contributed by atoms with Crippen molar-refractivity contribution in [1.82, 2.24) is 24.7 Å². The van der Waals surface area contributed by atoms with Crippen LogP contribution in [0.15, 0.2) is 67.0 Å². The van der Waals surface area contributed by atoms with Crippen molar-refractivity contribution >= 4 is 22.5 Å². The Morgan fingerprint density at radius 1 is 1.07 bits per heavy atom. The number of aromatic nitrogens is 5. The number of hydrogen-bond donors (Lipinski definition) is 1. The van der Waals surface area contributed by atoms with Crippen LogP contribution in [0.25, 0.3) is 44.9 Å². The summed E-state index contributed by atoms with van der Waals surface area (Å²) in [5, 5.41) is 5.93. The lowest BCUT2D eigenvalue weighted by atomic mass is 10.1. The minimum Gasteiger partial charge on any atom is -0.354 e. The molecule has 5 rings (SSSR count). The van der Waals surface area contributed by atoms with Gasteiger partial charge in [-0.25, -0.2) is 14.1 Å². The topological polar surface area (TPSA) is 59.4 Å². The molecule has 0 unspecified atom stereocenters. The third kappa shape index (κ3) is 3.15. The molecule has 30 heavy (non-hydrogen) atoms. The van der Waals surface area contributed by atoms with Gasteiger partial charge in [-0.2, -0.15) is 5.10 Å². The highest BCUT2D eigenvalue weighted by Crippen LogP contribution is 2.33. The van der Waals surface area contributed by atoms with Gasteiger partial charge in [0.25, 0.3) is 0 Å². The second kappa shape index (κ2) is 7.39. The maximum atomic E-state index is 14.3. The quantitative estimate of drug-likeness (QED) is 0.392. The van der Waals surface area contributed by atoms with E-state index in [1.54, 1.807) is 24.5 Å². The average Bonchev–Trinajstić information content (AvgIpc) is 3.38. The second-order valence-electron chi connectivity index (χ2n) is 6.90. The van der Waals surface area contributed by atoms with E-state index in [1.165, 1.54) is 6.07 Å². The lowest BCUT2D eigenvalue weighted by molar-refractivity contribution is 0.631. The molecule has 5 nitrogen and oxygen atoms in total. The highest BCUT2D eigenvalue weighted by Gasteiger charge is 2.16. The van der Waals surface area contributed by atoms with Crippen LogP contribution < -0.4 is 0 Å². The van der Waals surface area contributed by atoms with Crippen molar-refractivity contribution in [2.24, 2.45) is 0 Å². The first-order chi connectivity index (χ1) is 14.6. The molecule has 0 radical (unpaired) electrons. The zero-order chi connectivity index (χ0) is 20.7. The molecule has 0 aliphatic carbocycles. The first-order valence-corrected chi connectivity index (χ1v) is 9.94. The van der Waals surface area contributed by atoms with Gasteiger partial charge in [0.15, 0.2) is 11.6 Å². The largest absolute Gasteiger partial charge is 0.354 e. The molecule has 0 aliphatic rings. The molecule has 0 fully saturated rings. The molecule has 1 N–H and O–H groups in total. The summed E-state index contributed by atoms with van der Waals surface area (Å²) < 4.78 is 16.2. The molecule has 0 saturated carbocycles. The first-order valence-electron chi connectivity index (χ1n) is 9.57. The van der Waals surface area contributed by atoms with Gasteiger partial charge in [0.1, 0.15) is 5.82 Å². The molecule has 0 bridgehead atoms. The zero-order valence-corrected chi connectivity index (χ0v) is 16.9. The Bertz CT molecular complexity index is 1340. The van der Waals surface area contributed by atoms with Gasteiger partial charge in [-0.3, -0.25) is 4.98 Å². The highest BCUT2D eigenvalue weighted by molar-refractivity contribution is 6.33. The van der Waals surface area contributed by atoms with E-state index in [1.807, 2.05) is 48.0 Å². The van der Waals surface area contributed by atoms with Crippen molar-refractivity contribution in [3.05, 3.63) is 77.8 Å². The number of hydrogen-bond acceptors (Lipinski definition) is 3. The summed E-state index contributed by atoms with van der Waals surface area (Å²) in [6, 6.07) is 16.3. The fourth-order valence-electron chi connectivity index (χ4n) is 3.55. The van der Waals surface area contributed by atoms with Gasteiger partial charge in [-0.15, -0.1) is 0 Å². The minimum atomic E-state index is -0.360. The van der Waals surface area contributed by atoms with Crippen LogP contribution in [0.1, 0.15) is 6.92 Å². The van der Waals surface area contributed by atoms with Crippen LogP contribution in [-0.4, -0.2) is 24.7 Å². The van der Waals surface area contributed by atoms with Gasteiger partial charge in [0.05, 0.1) is 16.3 Å². The van der Waals surface area contributed by atoms with Crippen LogP contribution in [0.5, 0.6) is 0 Å². The van der Waals surface area contributed by atoms with Crippen molar-refractivity contribution < 1.29 is 4.39 Å². The normalized spacial score (nSPS) is 11.3. The number of fused-ring (bicyclic) bond motifs is 1. The van der Waals surface area contributed by atoms with E-state index in [0.29, 0.717) is 28.6 Å². The number of rotatable bonds is 4. The summed E-state index contributed by atoms with van der Waals surface area (Å²) in [6.07, 6.45) is 3.47. The number of benzene rings is 2. The third-order valence-corrected chi connectivity index (χ3v) is 5.32. The number of aromatic amines is 1. The smallest absolute Gasteiger partial charge is 0.183 e. The molecule has 0 atom stereocenters. The van der Waals surface area contributed by atoms with Crippen LogP contribution in [0, 0.1) is 5.82 Å². The Hall–Kier alpha value is -3.51. The summed E-state index contributed by atoms with van der Waals surface area (Å²) in [7, 11) is 0. The summed E-state index contributed by atoms with van der Waals surface area (Å²) in [4.78, 5) is 12.1. The maximum Gasteiger partial charge on any atom is 0.183 e. The van der Waals surface area contributed by atoms with Crippen LogP contribution in [0.2, 0.25) is 5.02 Å². The van der Waals surface area contributed by atoms with E-state index >= 15 is 0 Å². The highest BCUT2D eigenvalue weighted by atomic mass is 35.5. The monoisotopic (exact) mass is 417 g/mol. The average molecular weight is 418 g/mol. The van der Waals surface area contributed by atoms with E-state index in [0.717, 1.165) is 27.9 Å². The first kappa shape index (κ1) is 18.5. The Morgan fingerprint density at radius 3 is 2.73 bits per heavy atom. The molecule has 0 saturated heterocycles. The lowest BCUT2D eigenvalue weighted by Crippen LogP contribution is -1.99. The number of nitrogens with zero attached hydrogens (tertiary/aromatic N) is 4. The van der Waals surface area contributed by atoms with E-state index in [4.69, 9.17) is 16.6 Å². The van der Waals surface area contributed by atoms with Crippen molar-refractivity contribution in [1.29, 1.82) is 0 Å². The number of halogens is 2. The van der Waals surface area contributed by atoms with Crippen LogP contribution in [-0.2, 0) is 6.54 Å². The Morgan fingerprint density at radius 2 is 1.97 bits per heavy atom. The van der Waals surface area contributed by atoms with Crippen molar-refractivity contribution in [2.75, 3.05) is 0 Å². The summed E-state index contributed by atoms with van der Waals surface area (Å²) >= 11 is 6.23. The van der Waals surface area contributed by atoms with Crippen LogP contribution in [0.4, 0.5) is 4.39 Å². The second-order valence-corrected chi connectivity index (χ2v) is 7.31.